The predicted octanol–water partition coefficient (Wildman–Crippen LogP) is 3.04. The number of nitrogens with zero attached hydrogens (tertiary/aromatic N) is 4. The molecular weight excluding hydrogens is 282 g/mol. The van der Waals surface area contributed by atoms with Gasteiger partial charge < -0.3 is 10.2 Å². The molecule has 2 heterocycles. The van der Waals surface area contributed by atoms with E-state index >= 15 is 0 Å². The molecule has 0 saturated carbocycles. The molecule has 7 nitrogen and oxygen atoms in total. The number of nitro groups is 1. The minimum atomic E-state index is -0.514. The van der Waals surface area contributed by atoms with E-state index in [4.69, 9.17) is 0 Å². The number of hydrogen-bond donors (Lipinski definition) is 1. The predicted molar refractivity (Wildman–Crippen MR) is 84.6 cm³/mol. The standard InChI is InChI=1S/C15H17N5O2/c1-11-8-12(19-6-2-3-7-19)4-5-14(11)18-15-16-9-13(10-17-15)20(21)22/h4-5,8-10H,2-3,6-7H2,1H3,(H,16,17,18). The van der Waals surface area contributed by atoms with Crippen molar-refractivity contribution < 1.29 is 4.92 Å². The number of benzene rings is 1. The van der Waals surface area contributed by atoms with Gasteiger partial charge in [0.1, 0.15) is 12.4 Å². The highest BCUT2D eigenvalue weighted by Gasteiger charge is 2.13. The van der Waals surface area contributed by atoms with Crippen LogP contribution in [-0.2, 0) is 0 Å². The Hall–Kier alpha value is -2.70. The monoisotopic (exact) mass is 299 g/mol. The normalized spacial score (nSPS) is 14.1. The molecule has 1 aliphatic heterocycles. The van der Waals surface area contributed by atoms with Gasteiger partial charge in [0.15, 0.2) is 0 Å². The van der Waals surface area contributed by atoms with E-state index in [1.54, 1.807) is 0 Å². The van der Waals surface area contributed by atoms with E-state index < -0.39 is 4.92 Å². The highest BCUT2D eigenvalue weighted by Crippen LogP contribution is 2.26. The molecule has 3 rings (SSSR count). The van der Waals surface area contributed by atoms with Crippen molar-refractivity contribution >= 4 is 23.0 Å². The molecule has 1 fully saturated rings. The quantitative estimate of drug-likeness (QED) is 0.690. The largest absolute Gasteiger partial charge is 0.372 e. The first kappa shape index (κ1) is 14.2. The van der Waals surface area contributed by atoms with Crippen LogP contribution in [0.1, 0.15) is 18.4 Å². The number of aryl methyl sites for hydroxylation is 1. The smallest absolute Gasteiger partial charge is 0.305 e. The molecule has 0 bridgehead atoms. The third-order valence-corrected chi connectivity index (χ3v) is 3.78. The van der Waals surface area contributed by atoms with Gasteiger partial charge in [-0.2, -0.15) is 0 Å². The van der Waals surface area contributed by atoms with E-state index in [-0.39, 0.29) is 5.69 Å². The first-order valence-electron chi connectivity index (χ1n) is 7.22. The molecule has 22 heavy (non-hydrogen) atoms. The van der Waals surface area contributed by atoms with Crippen LogP contribution in [0.5, 0.6) is 0 Å². The van der Waals surface area contributed by atoms with Crippen molar-refractivity contribution in [1.82, 2.24) is 9.97 Å². The van der Waals surface area contributed by atoms with Crippen LogP contribution in [0.25, 0.3) is 0 Å². The van der Waals surface area contributed by atoms with Gasteiger partial charge in [0.2, 0.25) is 5.95 Å². The average molecular weight is 299 g/mol. The van der Waals surface area contributed by atoms with Crippen LogP contribution in [0.3, 0.4) is 0 Å². The molecule has 0 radical (unpaired) electrons. The lowest BCUT2D eigenvalue weighted by atomic mass is 10.1. The van der Waals surface area contributed by atoms with Crippen LogP contribution in [0, 0.1) is 17.0 Å². The Morgan fingerprint density at radius 2 is 1.91 bits per heavy atom. The highest BCUT2D eigenvalue weighted by atomic mass is 16.6. The van der Waals surface area contributed by atoms with Crippen molar-refractivity contribution in [2.45, 2.75) is 19.8 Å². The Morgan fingerprint density at radius 1 is 1.23 bits per heavy atom. The number of nitrogens with one attached hydrogen (secondary N) is 1. The summed E-state index contributed by atoms with van der Waals surface area (Å²) < 4.78 is 0. The van der Waals surface area contributed by atoms with Gasteiger partial charge in [-0.25, -0.2) is 9.97 Å². The molecule has 1 aromatic heterocycles. The zero-order valence-electron chi connectivity index (χ0n) is 12.3. The van der Waals surface area contributed by atoms with Crippen LogP contribution < -0.4 is 10.2 Å². The molecule has 0 amide bonds. The van der Waals surface area contributed by atoms with Crippen LogP contribution >= 0.6 is 0 Å². The summed E-state index contributed by atoms with van der Waals surface area (Å²) >= 11 is 0. The topological polar surface area (TPSA) is 84.2 Å². The fourth-order valence-corrected chi connectivity index (χ4v) is 2.56. The molecule has 0 aliphatic carbocycles. The van der Waals surface area contributed by atoms with Crippen molar-refractivity contribution in [3.8, 4) is 0 Å². The van der Waals surface area contributed by atoms with Crippen LogP contribution in [0.15, 0.2) is 30.6 Å². The summed E-state index contributed by atoms with van der Waals surface area (Å²) in [5.41, 5.74) is 3.10. The molecule has 7 heteroatoms. The lowest BCUT2D eigenvalue weighted by Gasteiger charge is -2.19. The van der Waals surface area contributed by atoms with Crippen LogP contribution in [-0.4, -0.2) is 28.0 Å². The summed E-state index contributed by atoms with van der Waals surface area (Å²) in [6.45, 7) is 4.24. The number of rotatable bonds is 4. The van der Waals surface area contributed by atoms with E-state index in [1.807, 2.05) is 13.0 Å². The Labute approximate surface area is 128 Å². The molecule has 0 unspecified atom stereocenters. The van der Waals surface area contributed by atoms with Crippen LogP contribution in [0.2, 0.25) is 0 Å². The summed E-state index contributed by atoms with van der Waals surface area (Å²) in [6, 6.07) is 6.21. The van der Waals surface area contributed by atoms with Gasteiger partial charge in [0, 0.05) is 24.5 Å². The van der Waals surface area contributed by atoms with Crippen molar-refractivity contribution in [2.24, 2.45) is 0 Å². The molecule has 0 atom stereocenters. The van der Waals surface area contributed by atoms with Gasteiger partial charge in [0.05, 0.1) is 4.92 Å². The van der Waals surface area contributed by atoms with Crippen molar-refractivity contribution in [1.29, 1.82) is 0 Å². The van der Waals surface area contributed by atoms with Gasteiger partial charge in [-0.05, 0) is 43.5 Å². The molecule has 2 aromatic rings. The minimum Gasteiger partial charge on any atom is -0.372 e. The first-order chi connectivity index (χ1) is 10.6. The van der Waals surface area contributed by atoms with E-state index in [1.165, 1.54) is 30.9 Å². The zero-order chi connectivity index (χ0) is 15.5. The van der Waals surface area contributed by atoms with Gasteiger partial charge in [0.25, 0.3) is 0 Å². The molecule has 114 valence electrons. The minimum absolute atomic E-state index is 0.119. The zero-order valence-corrected chi connectivity index (χ0v) is 12.3. The Kier molecular flexibility index (Phi) is 3.86. The summed E-state index contributed by atoms with van der Waals surface area (Å²) in [5, 5.41) is 13.7. The second-order valence-electron chi connectivity index (χ2n) is 5.34. The second kappa shape index (κ2) is 5.97. The second-order valence-corrected chi connectivity index (χ2v) is 5.34. The van der Waals surface area contributed by atoms with Crippen molar-refractivity contribution in [3.05, 3.63) is 46.3 Å². The molecule has 1 aromatic carbocycles. The SMILES string of the molecule is Cc1cc(N2CCCC2)ccc1Nc1ncc([N+](=O)[O-])cn1. The molecule has 1 saturated heterocycles. The highest BCUT2D eigenvalue weighted by molar-refractivity contribution is 5.64. The average Bonchev–Trinajstić information content (AvgIpc) is 3.04. The maximum Gasteiger partial charge on any atom is 0.305 e. The van der Waals surface area contributed by atoms with Gasteiger partial charge in [-0.3, -0.25) is 10.1 Å². The Balaban J connectivity index is 1.75. The summed E-state index contributed by atoms with van der Waals surface area (Å²) in [5.74, 6) is 0.350. The third kappa shape index (κ3) is 2.98. The molecular formula is C15H17N5O2. The summed E-state index contributed by atoms with van der Waals surface area (Å²) in [4.78, 5) is 20.4. The summed E-state index contributed by atoms with van der Waals surface area (Å²) in [7, 11) is 0. The fraction of sp³-hybridized carbons (Fsp3) is 0.333. The molecule has 1 aliphatic rings. The first-order valence-corrected chi connectivity index (χ1v) is 7.22. The number of aromatic nitrogens is 2. The number of hydrogen-bond acceptors (Lipinski definition) is 6. The molecule has 1 N–H and O–H groups in total. The van der Waals surface area contributed by atoms with Crippen molar-refractivity contribution in [2.75, 3.05) is 23.3 Å². The maximum absolute atomic E-state index is 10.6. The van der Waals surface area contributed by atoms with Gasteiger partial charge in [-0.1, -0.05) is 0 Å². The van der Waals surface area contributed by atoms with Gasteiger partial charge in [-0.15, -0.1) is 0 Å². The summed E-state index contributed by atoms with van der Waals surface area (Å²) in [6.07, 6.45) is 4.89. The van der Waals surface area contributed by atoms with E-state index in [9.17, 15) is 10.1 Å². The Morgan fingerprint density at radius 3 is 2.50 bits per heavy atom. The maximum atomic E-state index is 10.6. The van der Waals surface area contributed by atoms with Gasteiger partial charge >= 0.3 is 5.69 Å². The van der Waals surface area contributed by atoms with Crippen molar-refractivity contribution in [3.63, 3.8) is 0 Å². The third-order valence-electron chi connectivity index (χ3n) is 3.78. The molecule has 0 spiro atoms. The lowest BCUT2D eigenvalue weighted by Crippen LogP contribution is -2.17. The van der Waals surface area contributed by atoms with Crippen LogP contribution in [0.4, 0.5) is 23.0 Å². The van der Waals surface area contributed by atoms with E-state index in [2.05, 4.69) is 32.3 Å². The number of anilines is 3. The fourth-order valence-electron chi connectivity index (χ4n) is 2.56. The Bertz CT molecular complexity index is 681. The van der Waals surface area contributed by atoms with E-state index in [0.29, 0.717) is 5.95 Å². The van der Waals surface area contributed by atoms with E-state index in [0.717, 1.165) is 24.3 Å². The lowest BCUT2D eigenvalue weighted by molar-refractivity contribution is -0.385.